The minimum Gasteiger partial charge on any atom is -0.453 e. The highest BCUT2D eigenvalue weighted by Crippen LogP contribution is 2.78. The van der Waals surface area contributed by atoms with Crippen molar-refractivity contribution in [3.05, 3.63) is 119 Å². The monoisotopic (exact) mass is 840 g/mol. The van der Waals surface area contributed by atoms with E-state index < -0.39 is 39.7 Å². The van der Waals surface area contributed by atoms with Crippen molar-refractivity contribution in [1.82, 2.24) is 10.2 Å². The van der Waals surface area contributed by atoms with Gasteiger partial charge in [0, 0.05) is 40.0 Å². The molecule has 4 aromatic rings. The van der Waals surface area contributed by atoms with E-state index in [1.807, 2.05) is 50.2 Å². The van der Waals surface area contributed by atoms with Crippen molar-refractivity contribution in [2.45, 2.75) is 103 Å². The zero-order chi connectivity index (χ0) is 42.6. The number of aliphatic hydroxyl groups excluding tert-OH is 1. The van der Waals surface area contributed by atoms with Crippen LogP contribution in [0.15, 0.2) is 101 Å². The second-order valence-electron chi connectivity index (χ2n) is 19.1. The molecule has 0 aliphatic heterocycles. The molecule has 1 aromatic heterocycles. The van der Waals surface area contributed by atoms with Crippen molar-refractivity contribution in [3.63, 3.8) is 0 Å². The van der Waals surface area contributed by atoms with Crippen LogP contribution in [0.5, 0.6) is 0 Å². The molecule has 8 unspecified atom stereocenters. The highest BCUT2D eigenvalue weighted by molar-refractivity contribution is 6.33. The van der Waals surface area contributed by atoms with E-state index in [1.165, 1.54) is 18.2 Å². The van der Waals surface area contributed by atoms with E-state index in [1.54, 1.807) is 4.90 Å². The third kappa shape index (κ3) is 6.05. The lowest BCUT2D eigenvalue weighted by molar-refractivity contribution is -0.174. The maximum Gasteiger partial charge on any atom is 0.416 e. The fourth-order valence-corrected chi connectivity index (χ4v) is 12.9. The Morgan fingerprint density at radius 3 is 2.42 bits per heavy atom. The Bertz CT molecular complexity index is 2450. The number of carbonyl (C=O) groups excluding carboxylic acids is 2. The van der Waals surface area contributed by atoms with E-state index in [-0.39, 0.29) is 63.8 Å². The average Bonchev–Trinajstić information content (AvgIpc) is 3.79. The number of amides is 2. The summed E-state index contributed by atoms with van der Waals surface area (Å²) in [6.45, 7) is 8.64. The molecule has 2 amide bonds. The Balaban J connectivity index is 1.11. The summed E-state index contributed by atoms with van der Waals surface area (Å²) < 4.78 is 47.4. The molecule has 1 heterocycles. The Morgan fingerprint density at radius 1 is 0.933 bits per heavy atom. The van der Waals surface area contributed by atoms with Gasteiger partial charge in [0.1, 0.15) is 5.76 Å². The van der Waals surface area contributed by atoms with Crippen LogP contribution in [0.2, 0.25) is 5.02 Å². The van der Waals surface area contributed by atoms with E-state index in [0.717, 1.165) is 34.9 Å². The van der Waals surface area contributed by atoms with Gasteiger partial charge in [0.15, 0.2) is 5.76 Å². The summed E-state index contributed by atoms with van der Waals surface area (Å²) in [5, 5.41) is 29.6. The number of carbonyl (C=O) groups is 2. The first kappa shape index (κ1) is 41.0. The number of halogens is 4. The highest BCUT2D eigenvalue weighted by atomic mass is 35.5. The molecule has 7 nitrogen and oxygen atoms in total. The maximum absolute atomic E-state index is 15.2. The minimum absolute atomic E-state index is 0.00440. The number of benzene rings is 3. The molecule has 3 N–H and O–H groups in total. The predicted molar refractivity (Wildman–Crippen MR) is 225 cm³/mol. The quantitative estimate of drug-likeness (QED) is 0.121. The lowest BCUT2D eigenvalue weighted by Gasteiger charge is -2.71. The van der Waals surface area contributed by atoms with Crippen molar-refractivity contribution in [2.75, 3.05) is 6.54 Å². The predicted octanol–water partition coefficient (Wildman–Crippen LogP) is 11.2. The van der Waals surface area contributed by atoms with Crippen molar-refractivity contribution >= 4 is 34.2 Å². The van der Waals surface area contributed by atoms with Gasteiger partial charge in [-0.2, -0.15) is 13.2 Å². The summed E-state index contributed by atoms with van der Waals surface area (Å²) in [6.07, 6.45) is 5.62. The van der Waals surface area contributed by atoms with Gasteiger partial charge in [-0.3, -0.25) is 4.79 Å². The third-order valence-corrected chi connectivity index (χ3v) is 16.1. The van der Waals surface area contributed by atoms with Gasteiger partial charge >= 0.3 is 12.2 Å². The average molecular weight is 841 g/mol. The molecule has 3 aromatic carbocycles. The van der Waals surface area contributed by atoms with Gasteiger partial charge in [-0.25, -0.2) is 4.79 Å². The van der Waals surface area contributed by atoms with Crippen LogP contribution in [-0.4, -0.2) is 51.2 Å². The summed E-state index contributed by atoms with van der Waals surface area (Å²) >= 11 is 6.41. The van der Waals surface area contributed by atoms with Crippen molar-refractivity contribution in [1.29, 1.82) is 0 Å². The molecule has 2 bridgehead atoms. The molecule has 0 radical (unpaired) electrons. The molecule has 10 rings (SSSR count). The minimum atomic E-state index is -4.60. The molecule has 8 atom stereocenters. The SMILES string of the molecule is CC(C)NC(=O)N(Cc1cccc2ccccc12)CC1(O)CCC2C34C=CC5(C=C3C(=O)c3ccc(-c6cc(C(F)(F)F)ccc6Cl)o3)CC(O)CCC5(C)C4CCC21C. The number of nitrogens with one attached hydrogen (secondary N) is 1. The number of fused-ring (bicyclic) bond motifs is 2. The fraction of sp³-hybridized carbons (Fsp3) is 0.469. The van der Waals surface area contributed by atoms with Crippen LogP contribution in [-0.2, 0) is 12.7 Å². The second kappa shape index (κ2) is 14.1. The van der Waals surface area contributed by atoms with E-state index in [4.69, 9.17) is 16.0 Å². The summed E-state index contributed by atoms with van der Waals surface area (Å²) in [5.74, 6) is -0.544. The van der Waals surface area contributed by atoms with Gasteiger partial charge in [-0.15, -0.1) is 0 Å². The third-order valence-electron chi connectivity index (χ3n) is 15.7. The van der Waals surface area contributed by atoms with Crippen molar-refractivity contribution in [2.24, 2.45) is 33.5 Å². The van der Waals surface area contributed by atoms with Gasteiger partial charge in [-0.1, -0.05) is 86.1 Å². The van der Waals surface area contributed by atoms with Crippen molar-refractivity contribution in [3.8, 4) is 11.3 Å². The smallest absolute Gasteiger partial charge is 0.416 e. The van der Waals surface area contributed by atoms with Crippen LogP contribution < -0.4 is 5.32 Å². The molecular weight excluding hydrogens is 789 g/mol. The first-order valence-electron chi connectivity index (χ1n) is 21.2. The summed E-state index contributed by atoms with van der Waals surface area (Å²) in [4.78, 5) is 31.0. The lowest BCUT2D eigenvalue weighted by Crippen LogP contribution is -2.67. The lowest BCUT2D eigenvalue weighted by atomic mass is 9.32. The van der Waals surface area contributed by atoms with Crippen molar-refractivity contribution < 1.29 is 37.4 Å². The molecule has 6 aliphatic rings. The molecule has 60 heavy (non-hydrogen) atoms. The second-order valence-corrected chi connectivity index (χ2v) is 19.5. The number of nitrogens with zero attached hydrogens (tertiary/aromatic N) is 1. The number of hydrogen-bond donors (Lipinski definition) is 3. The number of furan rings is 1. The van der Waals surface area contributed by atoms with E-state index in [9.17, 15) is 28.2 Å². The topological polar surface area (TPSA) is 103 Å². The normalized spacial score (nSPS) is 33.0. The van der Waals surface area contributed by atoms with Gasteiger partial charge < -0.3 is 24.8 Å². The van der Waals surface area contributed by atoms with Crippen LogP contribution in [0.3, 0.4) is 0 Å². The number of ketones is 1. The standard InChI is InChI=1S/C49H52ClF3N2O5/c1-29(2)54-43(58)55(27-31-10-7-9-30-8-5-6-11-34(30)31)28-47(59)21-18-41-45(47,4)20-17-40-44(3)19-16-33(56)25-46(44)22-23-48(40,41)36(26-46)42(57)39-15-14-38(60-39)35-24-32(49(51,52)53)12-13-37(35)50/h5-15,22-24,26,29,33,40-41,56,59H,16-21,25,27-28H2,1-4H3,(H,54,58). The summed E-state index contributed by atoms with van der Waals surface area (Å²) in [5.41, 5.74) is -3.09. The number of allylic oxidation sites excluding steroid dienone is 4. The van der Waals surface area contributed by atoms with Gasteiger partial charge in [0.25, 0.3) is 0 Å². The molecule has 2 spiro atoms. The summed E-state index contributed by atoms with van der Waals surface area (Å²) in [6, 6.07) is 19.8. The number of rotatable bonds is 8. The van der Waals surface area contributed by atoms with Crippen LogP contribution in [0.4, 0.5) is 18.0 Å². The number of urea groups is 1. The zero-order valence-corrected chi connectivity index (χ0v) is 35.2. The fourth-order valence-electron chi connectivity index (χ4n) is 12.7. The largest absolute Gasteiger partial charge is 0.453 e. The first-order valence-corrected chi connectivity index (χ1v) is 21.6. The molecule has 316 valence electrons. The molecule has 6 aliphatic carbocycles. The van der Waals surface area contributed by atoms with Crippen LogP contribution in [0, 0.1) is 33.5 Å². The van der Waals surface area contributed by atoms with Gasteiger partial charge in [0.05, 0.1) is 28.8 Å². The Labute approximate surface area is 353 Å². The van der Waals surface area contributed by atoms with Gasteiger partial charge in [-0.05, 0) is 123 Å². The molecule has 11 heteroatoms. The van der Waals surface area contributed by atoms with E-state index >= 15 is 4.79 Å². The number of aliphatic hydroxyl groups is 2. The maximum atomic E-state index is 15.2. The van der Waals surface area contributed by atoms with E-state index in [0.29, 0.717) is 50.6 Å². The van der Waals surface area contributed by atoms with E-state index in [2.05, 4.69) is 43.5 Å². The Kier molecular flexibility index (Phi) is 9.62. The van der Waals surface area contributed by atoms with Crippen LogP contribution in [0.1, 0.15) is 94.3 Å². The summed E-state index contributed by atoms with van der Waals surface area (Å²) in [7, 11) is 0. The number of Topliss-reactive ketones (excluding diaryl/α,β-unsaturated/α-hetero) is 1. The van der Waals surface area contributed by atoms with Crippen LogP contribution in [0.25, 0.3) is 22.1 Å². The number of hydrogen-bond acceptors (Lipinski definition) is 5. The Hall–Kier alpha value is -4.38. The van der Waals surface area contributed by atoms with Gasteiger partial charge in [0.2, 0.25) is 5.78 Å². The highest BCUT2D eigenvalue weighted by Gasteiger charge is 2.74. The molecule has 0 saturated heterocycles. The molecule has 3 saturated carbocycles. The Morgan fingerprint density at radius 2 is 1.65 bits per heavy atom. The molecular formula is C49H52ClF3N2O5. The number of alkyl halides is 3. The zero-order valence-electron chi connectivity index (χ0n) is 34.4. The van der Waals surface area contributed by atoms with Crippen LogP contribution >= 0.6 is 11.6 Å². The first-order chi connectivity index (χ1) is 28.3. The molecule has 3 fully saturated rings.